The van der Waals surface area contributed by atoms with Gasteiger partial charge in [0.1, 0.15) is 0 Å². The Hall–Kier alpha value is -1.07. The highest BCUT2D eigenvalue weighted by Gasteiger charge is 2.28. The van der Waals surface area contributed by atoms with Gasteiger partial charge >= 0.3 is 6.18 Å². The highest BCUT2D eigenvalue weighted by molar-refractivity contribution is 5.34. The normalized spacial score (nSPS) is 18.2. The molecule has 0 aromatic heterocycles. The Balaban J connectivity index is 1.91. The summed E-state index contributed by atoms with van der Waals surface area (Å²) >= 11 is 0. The zero-order valence-corrected chi connectivity index (χ0v) is 12.1. The van der Waals surface area contributed by atoms with Crippen molar-refractivity contribution < 1.29 is 18.3 Å². The standard InChI is InChI=1S/C16H22F3NO/c17-16(18,19)9-3-4-10-20(11-12-21)15-8-7-13-5-1-2-6-14(13)15/h1-2,5-6,15,21H,3-4,7-12H2. The molecule has 1 atom stereocenters. The summed E-state index contributed by atoms with van der Waals surface area (Å²) in [5, 5.41) is 9.21. The maximum Gasteiger partial charge on any atom is 0.389 e. The third-order valence-corrected chi connectivity index (χ3v) is 4.08. The minimum absolute atomic E-state index is 0.0396. The molecule has 0 saturated heterocycles. The number of rotatable bonds is 7. The van der Waals surface area contributed by atoms with Crippen LogP contribution in [-0.2, 0) is 6.42 Å². The van der Waals surface area contributed by atoms with E-state index >= 15 is 0 Å². The van der Waals surface area contributed by atoms with E-state index in [2.05, 4.69) is 17.0 Å². The molecule has 0 heterocycles. The van der Waals surface area contributed by atoms with Gasteiger partial charge in [-0.15, -0.1) is 0 Å². The SMILES string of the molecule is OCCN(CCCCC(F)(F)F)C1CCc2ccccc21. The second-order valence-corrected chi connectivity index (χ2v) is 5.59. The molecule has 0 amide bonds. The number of aliphatic hydroxyl groups is 1. The first kappa shape index (κ1) is 16.3. The average Bonchev–Trinajstić information content (AvgIpc) is 2.85. The molecule has 0 radical (unpaired) electrons. The molecular weight excluding hydrogens is 279 g/mol. The maximum absolute atomic E-state index is 12.2. The summed E-state index contributed by atoms with van der Waals surface area (Å²) in [6, 6.07) is 8.45. The summed E-state index contributed by atoms with van der Waals surface area (Å²) in [6.45, 7) is 1.17. The number of benzene rings is 1. The molecule has 1 N–H and O–H groups in total. The van der Waals surface area contributed by atoms with Crippen LogP contribution in [0.25, 0.3) is 0 Å². The molecule has 0 saturated carbocycles. The summed E-state index contributed by atoms with van der Waals surface area (Å²) in [5.41, 5.74) is 2.59. The van der Waals surface area contributed by atoms with Crippen molar-refractivity contribution in [3.63, 3.8) is 0 Å². The molecule has 2 rings (SSSR count). The van der Waals surface area contributed by atoms with Gasteiger partial charge in [-0.2, -0.15) is 13.2 Å². The van der Waals surface area contributed by atoms with Gasteiger partial charge in [0.25, 0.3) is 0 Å². The summed E-state index contributed by atoms with van der Waals surface area (Å²) in [6.07, 6.45) is -2.13. The lowest BCUT2D eigenvalue weighted by Crippen LogP contribution is -2.31. The fourth-order valence-corrected chi connectivity index (χ4v) is 3.11. The molecule has 0 fully saturated rings. The topological polar surface area (TPSA) is 23.5 Å². The quantitative estimate of drug-likeness (QED) is 0.776. The highest BCUT2D eigenvalue weighted by atomic mass is 19.4. The van der Waals surface area contributed by atoms with Crippen molar-refractivity contribution in [2.45, 2.75) is 44.3 Å². The minimum atomic E-state index is -4.07. The number of aryl methyl sites for hydroxylation is 1. The molecule has 0 bridgehead atoms. The van der Waals surface area contributed by atoms with E-state index in [1.807, 2.05) is 12.1 Å². The van der Waals surface area contributed by atoms with Crippen LogP contribution in [0.2, 0.25) is 0 Å². The van der Waals surface area contributed by atoms with E-state index in [-0.39, 0.29) is 19.1 Å². The van der Waals surface area contributed by atoms with Crippen LogP contribution in [0.1, 0.15) is 42.9 Å². The van der Waals surface area contributed by atoms with Crippen LogP contribution >= 0.6 is 0 Å². The number of hydrogen-bond donors (Lipinski definition) is 1. The van der Waals surface area contributed by atoms with Gasteiger partial charge in [0, 0.05) is 19.0 Å². The smallest absolute Gasteiger partial charge is 0.389 e. The van der Waals surface area contributed by atoms with E-state index in [4.69, 9.17) is 0 Å². The van der Waals surface area contributed by atoms with E-state index < -0.39 is 12.6 Å². The minimum Gasteiger partial charge on any atom is -0.395 e. The van der Waals surface area contributed by atoms with Gasteiger partial charge in [-0.05, 0) is 43.4 Å². The molecule has 21 heavy (non-hydrogen) atoms. The lowest BCUT2D eigenvalue weighted by atomic mass is 10.1. The Morgan fingerprint density at radius 3 is 2.62 bits per heavy atom. The van der Waals surface area contributed by atoms with Crippen LogP contribution in [0.5, 0.6) is 0 Å². The average molecular weight is 301 g/mol. The molecule has 1 aliphatic carbocycles. The third-order valence-electron chi connectivity index (χ3n) is 4.08. The van der Waals surface area contributed by atoms with E-state index in [1.54, 1.807) is 0 Å². The molecule has 2 nitrogen and oxygen atoms in total. The predicted molar refractivity (Wildman–Crippen MR) is 76.1 cm³/mol. The van der Waals surface area contributed by atoms with Gasteiger partial charge in [0.15, 0.2) is 0 Å². The van der Waals surface area contributed by atoms with E-state index in [9.17, 15) is 18.3 Å². The Labute approximate surface area is 123 Å². The molecule has 0 aliphatic heterocycles. The molecule has 118 valence electrons. The van der Waals surface area contributed by atoms with Crippen molar-refractivity contribution in [1.29, 1.82) is 0 Å². The first-order valence-electron chi connectivity index (χ1n) is 7.51. The van der Waals surface area contributed by atoms with Crippen molar-refractivity contribution in [3.8, 4) is 0 Å². The maximum atomic E-state index is 12.2. The first-order valence-corrected chi connectivity index (χ1v) is 7.51. The van der Waals surface area contributed by atoms with Gasteiger partial charge in [-0.25, -0.2) is 0 Å². The van der Waals surface area contributed by atoms with Crippen molar-refractivity contribution >= 4 is 0 Å². The monoisotopic (exact) mass is 301 g/mol. The third kappa shape index (κ3) is 4.71. The van der Waals surface area contributed by atoms with Gasteiger partial charge in [0.05, 0.1) is 6.61 Å². The molecule has 1 aromatic carbocycles. The summed E-state index contributed by atoms with van der Waals surface area (Å²) < 4.78 is 36.5. The lowest BCUT2D eigenvalue weighted by molar-refractivity contribution is -0.135. The van der Waals surface area contributed by atoms with Gasteiger partial charge < -0.3 is 5.11 Å². The fraction of sp³-hybridized carbons (Fsp3) is 0.625. The fourth-order valence-electron chi connectivity index (χ4n) is 3.11. The first-order chi connectivity index (χ1) is 10.0. The zero-order chi connectivity index (χ0) is 15.3. The predicted octanol–water partition coefficient (Wildman–Crippen LogP) is 3.70. The molecule has 1 unspecified atom stereocenters. The van der Waals surface area contributed by atoms with Gasteiger partial charge in [0.2, 0.25) is 0 Å². The second kappa shape index (κ2) is 7.27. The van der Waals surface area contributed by atoms with E-state index in [0.29, 0.717) is 19.5 Å². The number of unbranched alkanes of at least 4 members (excludes halogenated alkanes) is 1. The van der Waals surface area contributed by atoms with Crippen LogP contribution in [0, 0.1) is 0 Å². The van der Waals surface area contributed by atoms with Crippen molar-refractivity contribution in [1.82, 2.24) is 4.90 Å². The number of fused-ring (bicyclic) bond motifs is 1. The number of halogens is 3. The lowest BCUT2D eigenvalue weighted by Gasteiger charge is -2.29. The molecule has 5 heteroatoms. The Kier molecular flexibility index (Phi) is 5.65. The van der Waals surface area contributed by atoms with E-state index in [0.717, 1.165) is 12.8 Å². The number of alkyl halides is 3. The van der Waals surface area contributed by atoms with Crippen LogP contribution in [0.15, 0.2) is 24.3 Å². The molecular formula is C16H22F3NO. The van der Waals surface area contributed by atoms with Crippen LogP contribution in [-0.4, -0.2) is 35.9 Å². The largest absolute Gasteiger partial charge is 0.395 e. The zero-order valence-electron chi connectivity index (χ0n) is 12.1. The number of aliphatic hydroxyl groups excluding tert-OH is 1. The van der Waals surface area contributed by atoms with Crippen molar-refractivity contribution in [2.24, 2.45) is 0 Å². The van der Waals surface area contributed by atoms with Gasteiger partial charge in [-0.3, -0.25) is 4.90 Å². The summed E-state index contributed by atoms with van der Waals surface area (Å²) in [4.78, 5) is 2.13. The Morgan fingerprint density at radius 2 is 1.90 bits per heavy atom. The second-order valence-electron chi connectivity index (χ2n) is 5.59. The van der Waals surface area contributed by atoms with Crippen molar-refractivity contribution in [2.75, 3.05) is 19.7 Å². The van der Waals surface area contributed by atoms with Crippen LogP contribution in [0.3, 0.4) is 0 Å². The molecule has 1 aromatic rings. The summed E-state index contributed by atoms with van der Waals surface area (Å²) in [7, 11) is 0. The van der Waals surface area contributed by atoms with Crippen molar-refractivity contribution in [3.05, 3.63) is 35.4 Å². The number of hydrogen-bond acceptors (Lipinski definition) is 2. The van der Waals surface area contributed by atoms with Crippen LogP contribution in [0.4, 0.5) is 13.2 Å². The van der Waals surface area contributed by atoms with Crippen LogP contribution < -0.4 is 0 Å². The Morgan fingerprint density at radius 1 is 1.14 bits per heavy atom. The van der Waals surface area contributed by atoms with Gasteiger partial charge in [-0.1, -0.05) is 24.3 Å². The number of nitrogens with zero attached hydrogens (tertiary/aromatic N) is 1. The molecule has 1 aliphatic rings. The Bertz CT molecular complexity index is 447. The van der Waals surface area contributed by atoms with E-state index in [1.165, 1.54) is 11.1 Å². The summed E-state index contributed by atoms with van der Waals surface area (Å²) in [5.74, 6) is 0. The highest BCUT2D eigenvalue weighted by Crippen LogP contribution is 2.35. The molecule has 0 spiro atoms.